The number of pyridine rings is 2. The summed E-state index contributed by atoms with van der Waals surface area (Å²) < 4.78 is 66.5. The highest BCUT2D eigenvalue weighted by molar-refractivity contribution is 7.91. The van der Waals surface area contributed by atoms with E-state index in [1.807, 2.05) is 6.07 Å². The molecule has 0 atom stereocenters. The maximum absolute atomic E-state index is 13.1. The zero-order valence-corrected chi connectivity index (χ0v) is 19.0. The topological polar surface area (TPSA) is 140 Å². The predicted molar refractivity (Wildman–Crippen MR) is 116 cm³/mol. The molecule has 35 heavy (non-hydrogen) atoms. The fourth-order valence-corrected chi connectivity index (χ4v) is 4.21. The van der Waals surface area contributed by atoms with Gasteiger partial charge >= 0.3 is 6.18 Å². The van der Waals surface area contributed by atoms with Crippen molar-refractivity contribution in [3.8, 4) is 40.5 Å². The number of hydrogen-bond acceptors (Lipinski definition) is 9. The van der Waals surface area contributed by atoms with Crippen LogP contribution in [-0.4, -0.2) is 48.9 Å². The maximum Gasteiger partial charge on any atom is 0.416 e. The first kappa shape index (κ1) is 23.9. The molecule has 0 aliphatic carbocycles. The summed E-state index contributed by atoms with van der Waals surface area (Å²) in [5, 5.41) is 16.8. The minimum atomic E-state index is -4.58. The fourth-order valence-electron chi connectivity index (χ4n) is 3.15. The lowest BCUT2D eigenvalue weighted by Crippen LogP contribution is -2.10. The lowest BCUT2D eigenvalue weighted by atomic mass is 10.2. The largest absolute Gasteiger partial charge is 0.416 e. The van der Waals surface area contributed by atoms with Gasteiger partial charge in [-0.1, -0.05) is 6.92 Å². The number of rotatable bonds is 5. The van der Waals surface area contributed by atoms with E-state index in [1.54, 1.807) is 0 Å². The highest BCUT2D eigenvalue weighted by Crippen LogP contribution is 2.33. The summed E-state index contributed by atoms with van der Waals surface area (Å²) in [5.74, 6) is -0.0904. The Hall–Kier alpha value is -4.25. The van der Waals surface area contributed by atoms with Gasteiger partial charge in [0.25, 0.3) is 0 Å². The van der Waals surface area contributed by atoms with Gasteiger partial charge in [0.1, 0.15) is 17.5 Å². The molecule has 0 aliphatic heterocycles. The number of alkyl halides is 3. The minimum Gasteiger partial charge on any atom is -0.307 e. The Bertz CT molecular complexity index is 1560. The van der Waals surface area contributed by atoms with Crippen molar-refractivity contribution in [2.24, 2.45) is 7.05 Å². The Labute approximate surface area is 197 Å². The maximum atomic E-state index is 13.1. The summed E-state index contributed by atoms with van der Waals surface area (Å²) >= 11 is 0. The first-order valence-electron chi connectivity index (χ1n) is 9.94. The van der Waals surface area contributed by atoms with Gasteiger partial charge in [0.05, 0.1) is 21.8 Å². The van der Waals surface area contributed by atoms with E-state index < -0.39 is 21.6 Å². The molecular weight excluding hydrogens is 485 g/mol. The van der Waals surface area contributed by atoms with Gasteiger partial charge in [-0.05, 0) is 18.2 Å². The molecule has 10 nitrogen and oxygen atoms in total. The molecule has 4 heterocycles. The predicted octanol–water partition coefficient (Wildman–Crippen LogP) is 3.08. The smallest absolute Gasteiger partial charge is 0.307 e. The van der Waals surface area contributed by atoms with Crippen molar-refractivity contribution >= 4 is 9.84 Å². The van der Waals surface area contributed by atoms with Gasteiger partial charge < -0.3 is 4.57 Å². The fraction of sp³-hybridized carbons (Fsp3) is 0.190. The highest BCUT2D eigenvalue weighted by atomic mass is 32.2. The quantitative estimate of drug-likeness (QED) is 0.404. The zero-order chi connectivity index (χ0) is 25.4. The zero-order valence-electron chi connectivity index (χ0n) is 18.2. The van der Waals surface area contributed by atoms with E-state index in [0.29, 0.717) is 0 Å². The molecular formula is C21H15F3N8O2S. The minimum absolute atomic E-state index is 0.00718. The van der Waals surface area contributed by atoms with Gasteiger partial charge in [-0.25, -0.2) is 18.4 Å². The van der Waals surface area contributed by atoms with Crippen LogP contribution in [0.3, 0.4) is 0 Å². The molecule has 0 amide bonds. The average Bonchev–Trinajstić information content (AvgIpc) is 3.24. The molecule has 0 unspecified atom stereocenters. The molecule has 178 valence electrons. The van der Waals surface area contributed by atoms with Crippen molar-refractivity contribution in [2.75, 3.05) is 5.75 Å². The molecule has 4 aromatic rings. The first-order chi connectivity index (χ1) is 16.5. The van der Waals surface area contributed by atoms with E-state index in [2.05, 4.69) is 30.1 Å². The summed E-state index contributed by atoms with van der Waals surface area (Å²) in [6, 6.07) is 4.89. The van der Waals surface area contributed by atoms with Crippen LogP contribution in [-0.2, 0) is 23.1 Å². The molecule has 0 radical (unpaired) electrons. The van der Waals surface area contributed by atoms with Crippen LogP contribution in [0.4, 0.5) is 13.2 Å². The molecule has 0 saturated carbocycles. The summed E-state index contributed by atoms with van der Waals surface area (Å²) in [4.78, 5) is 16.1. The second-order valence-electron chi connectivity index (χ2n) is 7.22. The van der Waals surface area contributed by atoms with Gasteiger partial charge in [-0.15, -0.1) is 10.2 Å². The first-order valence-corrected chi connectivity index (χ1v) is 11.6. The van der Waals surface area contributed by atoms with Crippen LogP contribution in [0.5, 0.6) is 0 Å². The summed E-state index contributed by atoms with van der Waals surface area (Å²) in [5.41, 5.74) is -0.533. The Morgan fingerprint density at radius 2 is 1.71 bits per heavy atom. The van der Waals surface area contributed by atoms with E-state index in [1.165, 1.54) is 43.2 Å². The van der Waals surface area contributed by atoms with Gasteiger partial charge in [-0.3, -0.25) is 9.97 Å². The normalized spacial score (nSPS) is 11.9. The average molecular weight is 500 g/mol. The lowest BCUT2D eigenvalue weighted by Gasteiger charge is -2.11. The van der Waals surface area contributed by atoms with Crippen molar-refractivity contribution in [3.63, 3.8) is 0 Å². The van der Waals surface area contributed by atoms with Crippen molar-refractivity contribution in [1.82, 2.24) is 34.7 Å². The molecule has 0 aromatic carbocycles. The van der Waals surface area contributed by atoms with E-state index in [4.69, 9.17) is 5.26 Å². The monoisotopic (exact) mass is 500 g/mol. The highest BCUT2D eigenvalue weighted by Gasteiger charge is 2.31. The van der Waals surface area contributed by atoms with Crippen LogP contribution in [0.1, 0.15) is 18.1 Å². The molecule has 0 aliphatic rings. The van der Waals surface area contributed by atoms with Gasteiger partial charge in [0.15, 0.2) is 27.3 Å². The molecule has 0 bridgehead atoms. The third kappa shape index (κ3) is 4.58. The second-order valence-corrected chi connectivity index (χ2v) is 9.46. The molecule has 0 fully saturated rings. The van der Waals surface area contributed by atoms with Gasteiger partial charge in [0, 0.05) is 37.4 Å². The number of nitriles is 1. The lowest BCUT2D eigenvalue weighted by molar-refractivity contribution is -0.137. The Morgan fingerprint density at radius 3 is 2.34 bits per heavy atom. The Balaban J connectivity index is 1.85. The summed E-state index contributed by atoms with van der Waals surface area (Å²) in [6.45, 7) is 1.46. The molecule has 0 spiro atoms. The van der Waals surface area contributed by atoms with Crippen LogP contribution in [0.15, 0.2) is 47.9 Å². The second kappa shape index (κ2) is 8.84. The number of sulfone groups is 1. The van der Waals surface area contributed by atoms with Crippen LogP contribution in [0.2, 0.25) is 0 Å². The molecule has 0 saturated heterocycles. The number of aromatic nitrogens is 7. The van der Waals surface area contributed by atoms with Crippen LogP contribution < -0.4 is 0 Å². The Morgan fingerprint density at radius 1 is 1.03 bits per heavy atom. The van der Waals surface area contributed by atoms with Crippen LogP contribution in [0.25, 0.3) is 34.4 Å². The summed E-state index contributed by atoms with van der Waals surface area (Å²) in [7, 11) is -2.37. The third-order valence-electron chi connectivity index (χ3n) is 5.01. The van der Waals surface area contributed by atoms with E-state index >= 15 is 0 Å². The number of hydrogen-bond donors (Lipinski definition) is 0. The van der Waals surface area contributed by atoms with Crippen molar-refractivity contribution in [1.29, 1.82) is 5.26 Å². The van der Waals surface area contributed by atoms with Crippen LogP contribution in [0, 0.1) is 11.3 Å². The van der Waals surface area contributed by atoms with Crippen molar-refractivity contribution in [3.05, 3.63) is 54.1 Å². The number of halogens is 3. The molecule has 4 aromatic heterocycles. The number of nitrogens with zero attached hydrogens (tertiary/aromatic N) is 8. The molecule has 14 heteroatoms. The van der Waals surface area contributed by atoms with E-state index in [9.17, 15) is 21.6 Å². The van der Waals surface area contributed by atoms with Gasteiger partial charge in [0.2, 0.25) is 0 Å². The molecule has 4 rings (SSSR count). The summed E-state index contributed by atoms with van der Waals surface area (Å²) in [6.07, 6.45) is 0.348. The SMILES string of the molecule is CCS(=O)(=O)c1cc(-c2ncc(C#N)cn2)cnc1-c1nnc(-c2cc(C(F)(F)F)ccn2)n1C. The van der Waals surface area contributed by atoms with E-state index in [0.717, 1.165) is 18.3 Å². The van der Waals surface area contributed by atoms with Gasteiger partial charge in [-0.2, -0.15) is 18.4 Å². The van der Waals surface area contributed by atoms with Crippen molar-refractivity contribution in [2.45, 2.75) is 18.0 Å². The van der Waals surface area contributed by atoms with Crippen LogP contribution >= 0.6 is 0 Å². The van der Waals surface area contributed by atoms with Crippen molar-refractivity contribution < 1.29 is 21.6 Å². The molecule has 0 N–H and O–H groups in total. The third-order valence-corrected chi connectivity index (χ3v) is 6.75. The standard InChI is InChI=1S/C21H15F3N8O2S/c1-3-35(33,34)16-6-13(18-28-9-12(8-25)10-29-18)11-27-17(16)20-31-30-19(32(20)2)15-7-14(4-5-26-15)21(22,23)24/h4-7,9-11H,3H2,1-2H3. The van der Waals surface area contributed by atoms with E-state index in [-0.39, 0.29) is 50.6 Å². The Kier molecular flexibility index (Phi) is 6.03.